The summed E-state index contributed by atoms with van der Waals surface area (Å²) in [6, 6.07) is 18.0. The Morgan fingerprint density at radius 1 is 1.05 bits per heavy atom. The Hall–Kier alpha value is -2.13. The monoisotopic (exact) mass is 282 g/mol. The average molecular weight is 282 g/mol. The number of nitrogens with one attached hydrogen (secondary N) is 1. The van der Waals surface area contributed by atoms with Crippen molar-refractivity contribution < 1.29 is 4.79 Å². The van der Waals surface area contributed by atoms with Gasteiger partial charge in [0.25, 0.3) is 0 Å². The number of amides is 1. The van der Waals surface area contributed by atoms with Crippen LogP contribution >= 0.6 is 0 Å². The molecule has 0 radical (unpaired) electrons. The van der Waals surface area contributed by atoms with Crippen LogP contribution in [0.25, 0.3) is 11.1 Å². The van der Waals surface area contributed by atoms with Gasteiger partial charge in [0.2, 0.25) is 5.91 Å². The van der Waals surface area contributed by atoms with E-state index >= 15 is 0 Å². The number of hydrogen-bond donors (Lipinski definition) is 2. The van der Waals surface area contributed by atoms with Crippen molar-refractivity contribution >= 4 is 11.6 Å². The van der Waals surface area contributed by atoms with Gasteiger partial charge in [-0.1, -0.05) is 55.8 Å². The van der Waals surface area contributed by atoms with Crippen molar-refractivity contribution in [1.29, 1.82) is 0 Å². The second-order valence-corrected chi connectivity index (χ2v) is 5.24. The molecular formula is C18H22N2O. The predicted molar refractivity (Wildman–Crippen MR) is 88.0 cm³/mol. The molecule has 0 bridgehead atoms. The van der Waals surface area contributed by atoms with Crippen molar-refractivity contribution in [2.24, 2.45) is 5.73 Å². The lowest BCUT2D eigenvalue weighted by molar-refractivity contribution is -0.116. The first-order valence-corrected chi connectivity index (χ1v) is 7.40. The van der Waals surface area contributed by atoms with Crippen molar-refractivity contribution in [3.05, 3.63) is 54.6 Å². The number of nitrogens with two attached hydrogens (primary N) is 1. The lowest BCUT2D eigenvalue weighted by atomic mass is 10.1. The summed E-state index contributed by atoms with van der Waals surface area (Å²) in [6.07, 6.45) is 2.24. The van der Waals surface area contributed by atoms with E-state index in [0.29, 0.717) is 6.42 Å². The van der Waals surface area contributed by atoms with Crippen molar-refractivity contribution in [2.45, 2.75) is 32.2 Å². The molecule has 3 heteroatoms. The van der Waals surface area contributed by atoms with Crippen LogP contribution in [0.5, 0.6) is 0 Å². The van der Waals surface area contributed by atoms with Gasteiger partial charge in [0.1, 0.15) is 0 Å². The van der Waals surface area contributed by atoms with Crippen molar-refractivity contribution in [3.8, 4) is 11.1 Å². The molecule has 0 aliphatic heterocycles. The molecule has 0 aromatic heterocycles. The summed E-state index contributed by atoms with van der Waals surface area (Å²) in [7, 11) is 0. The molecule has 2 rings (SSSR count). The molecule has 0 saturated heterocycles. The first-order valence-electron chi connectivity index (χ1n) is 7.40. The van der Waals surface area contributed by atoms with Gasteiger partial charge in [-0.25, -0.2) is 0 Å². The summed E-state index contributed by atoms with van der Waals surface area (Å²) in [4.78, 5) is 11.9. The lowest BCUT2D eigenvalue weighted by Gasteiger charge is -2.11. The molecule has 0 spiro atoms. The lowest BCUT2D eigenvalue weighted by Crippen LogP contribution is -2.26. The summed E-state index contributed by atoms with van der Waals surface area (Å²) in [6.45, 7) is 2.07. The number of benzene rings is 2. The van der Waals surface area contributed by atoms with Gasteiger partial charge in [-0.2, -0.15) is 0 Å². The van der Waals surface area contributed by atoms with Gasteiger partial charge in [0, 0.05) is 18.2 Å². The van der Waals surface area contributed by atoms with E-state index < -0.39 is 0 Å². The van der Waals surface area contributed by atoms with E-state index in [2.05, 4.69) is 24.4 Å². The van der Waals surface area contributed by atoms with Crippen molar-refractivity contribution in [2.75, 3.05) is 5.32 Å². The smallest absolute Gasteiger partial charge is 0.225 e. The van der Waals surface area contributed by atoms with E-state index in [1.165, 1.54) is 5.56 Å². The van der Waals surface area contributed by atoms with E-state index in [4.69, 9.17) is 5.73 Å². The van der Waals surface area contributed by atoms with Crippen LogP contribution in [0.2, 0.25) is 0 Å². The fraction of sp³-hybridized carbons (Fsp3) is 0.278. The van der Waals surface area contributed by atoms with Crippen LogP contribution in [0.1, 0.15) is 26.2 Å². The second kappa shape index (κ2) is 7.60. The molecule has 1 unspecified atom stereocenters. The zero-order valence-electron chi connectivity index (χ0n) is 12.4. The van der Waals surface area contributed by atoms with Crippen LogP contribution in [0.3, 0.4) is 0 Å². The van der Waals surface area contributed by atoms with Crippen LogP contribution in [0, 0.1) is 0 Å². The number of hydrogen-bond acceptors (Lipinski definition) is 2. The zero-order chi connectivity index (χ0) is 15.1. The SMILES string of the molecule is CCCC(N)CC(=O)Nc1ccc(-c2ccccc2)cc1. The fourth-order valence-corrected chi connectivity index (χ4v) is 2.30. The van der Waals surface area contributed by atoms with E-state index in [9.17, 15) is 4.79 Å². The molecule has 0 aliphatic carbocycles. The maximum Gasteiger partial charge on any atom is 0.225 e. The molecule has 0 heterocycles. The fourth-order valence-electron chi connectivity index (χ4n) is 2.30. The average Bonchev–Trinajstić information content (AvgIpc) is 2.49. The van der Waals surface area contributed by atoms with E-state index in [1.807, 2.05) is 42.5 Å². The number of anilines is 1. The van der Waals surface area contributed by atoms with Gasteiger partial charge in [-0.15, -0.1) is 0 Å². The normalized spacial score (nSPS) is 11.9. The zero-order valence-corrected chi connectivity index (χ0v) is 12.4. The molecule has 21 heavy (non-hydrogen) atoms. The number of carbonyl (C=O) groups excluding carboxylic acids is 1. The molecular weight excluding hydrogens is 260 g/mol. The summed E-state index contributed by atoms with van der Waals surface area (Å²) in [5.74, 6) is -0.0246. The van der Waals surface area contributed by atoms with Crippen LogP contribution < -0.4 is 11.1 Å². The van der Waals surface area contributed by atoms with Gasteiger partial charge in [-0.05, 0) is 29.7 Å². The molecule has 1 amide bonds. The topological polar surface area (TPSA) is 55.1 Å². The Morgan fingerprint density at radius 3 is 2.29 bits per heavy atom. The van der Waals surface area contributed by atoms with Gasteiger partial charge in [-0.3, -0.25) is 4.79 Å². The molecule has 110 valence electrons. The molecule has 2 aromatic carbocycles. The second-order valence-electron chi connectivity index (χ2n) is 5.24. The van der Waals surface area contributed by atoms with E-state index in [0.717, 1.165) is 24.1 Å². The summed E-state index contributed by atoms with van der Waals surface area (Å²) in [5, 5.41) is 2.89. The standard InChI is InChI=1S/C18H22N2O/c1-2-6-16(19)13-18(21)20-17-11-9-15(10-12-17)14-7-4-3-5-8-14/h3-5,7-12,16H,2,6,13,19H2,1H3,(H,20,21). The third kappa shape index (κ3) is 4.72. The maximum absolute atomic E-state index is 11.9. The number of rotatable bonds is 6. The third-order valence-corrected chi connectivity index (χ3v) is 3.38. The van der Waals surface area contributed by atoms with Crippen LogP contribution in [0.15, 0.2) is 54.6 Å². The molecule has 3 N–H and O–H groups in total. The Bertz CT molecular complexity index is 564. The molecule has 1 atom stereocenters. The highest BCUT2D eigenvalue weighted by molar-refractivity contribution is 5.91. The third-order valence-electron chi connectivity index (χ3n) is 3.38. The Labute approximate surface area is 126 Å². The minimum absolute atomic E-state index is 0.0246. The quantitative estimate of drug-likeness (QED) is 0.846. The molecule has 3 nitrogen and oxygen atoms in total. The molecule has 0 aliphatic rings. The highest BCUT2D eigenvalue weighted by Gasteiger charge is 2.08. The largest absolute Gasteiger partial charge is 0.327 e. The van der Waals surface area contributed by atoms with Gasteiger partial charge in [0.15, 0.2) is 0 Å². The first kappa shape index (κ1) is 15.3. The maximum atomic E-state index is 11.9. The van der Waals surface area contributed by atoms with Crippen LogP contribution in [-0.4, -0.2) is 11.9 Å². The highest BCUT2D eigenvalue weighted by Crippen LogP contribution is 2.21. The Kier molecular flexibility index (Phi) is 5.52. The van der Waals surface area contributed by atoms with E-state index in [1.54, 1.807) is 0 Å². The Morgan fingerprint density at radius 2 is 1.67 bits per heavy atom. The van der Waals surface area contributed by atoms with Crippen molar-refractivity contribution in [1.82, 2.24) is 0 Å². The highest BCUT2D eigenvalue weighted by atomic mass is 16.1. The summed E-state index contributed by atoms with van der Waals surface area (Å²) < 4.78 is 0. The first-order chi connectivity index (χ1) is 10.2. The minimum Gasteiger partial charge on any atom is -0.327 e. The summed E-state index contributed by atoms with van der Waals surface area (Å²) in [5.41, 5.74) is 8.99. The van der Waals surface area contributed by atoms with E-state index in [-0.39, 0.29) is 11.9 Å². The van der Waals surface area contributed by atoms with Gasteiger partial charge >= 0.3 is 0 Å². The molecule has 0 fully saturated rings. The predicted octanol–water partition coefficient (Wildman–Crippen LogP) is 3.81. The van der Waals surface area contributed by atoms with Crippen LogP contribution in [-0.2, 0) is 4.79 Å². The van der Waals surface area contributed by atoms with Gasteiger partial charge in [0.05, 0.1) is 0 Å². The van der Waals surface area contributed by atoms with Crippen molar-refractivity contribution in [3.63, 3.8) is 0 Å². The molecule has 0 saturated carbocycles. The summed E-state index contributed by atoms with van der Waals surface area (Å²) >= 11 is 0. The van der Waals surface area contributed by atoms with Crippen LogP contribution in [0.4, 0.5) is 5.69 Å². The Balaban J connectivity index is 1.95. The minimum atomic E-state index is -0.0569. The van der Waals surface area contributed by atoms with Gasteiger partial charge < -0.3 is 11.1 Å². The number of carbonyl (C=O) groups is 1. The molecule has 2 aromatic rings.